The Kier molecular flexibility index (Phi) is 4.01. The van der Waals surface area contributed by atoms with Crippen LogP contribution >= 0.6 is 0 Å². The van der Waals surface area contributed by atoms with Crippen molar-refractivity contribution >= 4 is 17.3 Å². The number of nitrogens with zero attached hydrogens (tertiary/aromatic N) is 2. The second-order valence-electron chi connectivity index (χ2n) is 6.05. The minimum atomic E-state index is 0.144. The van der Waals surface area contributed by atoms with Gasteiger partial charge in [-0.3, -0.25) is 4.79 Å². The predicted octanol–water partition coefficient (Wildman–Crippen LogP) is 1.69. The van der Waals surface area contributed by atoms with Crippen molar-refractivity contribution in [1.82, 2.24) is 9.80 Å². The summed E-state index contributed by atoms with van der Waals surface area (Å²) in [4.78, 5) is 17.3. The number of fused-ring (bicyclic) bond motifs is 1. The molecule has 1 fully saturated rings. The van der Waals surface area contributed by atoms with Gasteiger partial charge in [0.1, 0.15) is 0 Å². The van der Waals surface area contributed by atoms with Crippen molar-refractivity contribution < 1.29 is 4.79 Å². The van der Waals surface area contributed by atoms with Crippen molar-refractivity contribution in [3.05, 3.63) is 23.8 Å². The molecule has 2 N–H and O–H groups in total. The smallest absolute Gasteiger partial charge is 0.256 e. The van der Waals surface area contributed by atoms with Crippen LogP contribution in [0.2, 0.25) is 0 Å². The van der Waals surface area contributed by atoms with E-state index in [9.17, 15) is 4.79 Å². The summed E-state index contributed by atoms with van der Waals surface area (Å²) in [6, 6.07) is 6.17. The fraction of sp³-hybridized carbons (Fsp3) is 0.562. The Morgan fingerprint density at radius 2 is 2.05 bits per heavy atom. The van der Waals surface area contributed by atoms with Crippen molar-refractivity contribution in [2.75, 3.05) is 50.4 Å². The first-order valence-electron chi connectivity index (χ1n) is 7.77. The van der Waals surface area contributed by atoms with E-state index in [1.54, 1.807) is 0 Å². The van der Waals surface area contributed by atoms with Crippen LogP contribution in [-0.2, 0) is 0 Å². The molecule has 0 aliphatic carbocycles. The van der Waals surface area contributed by atoms with Crippen LogP contribution in [0, 0.1) is 0 Å². The van der Waals surface area contributed by atoms with Gasteiger partial charge in [0.25, 0.3) is 5.91 Å². The number of rotatable bonds is 1. The summed E-state index contributed by atoms with van der Waals surface area (Å²) in [5, 5.41) is 6.72. The maximum Gasteiger partial charge on any atom is 0.256 e. The first kappa shape index (κ1) is 14.2. The van der Waals surface area contributed by atoms with E-state index in [4.69, 9.17) is 0 Å². The summed E-state index contributed by atoms with van der Waals surface area (Å²) in [6.45, 7) is 6.72. The fourth-order valence-electron chi connectivity index (χ4n) is 3.28. The lowest BCUT2D eigenvalue weighted by atomic mass is 10.1. The maximum atomic E-state index is 13.0. The molecular formula is C16H24N4O. The molecule has 0 radical (unpaired) electrons. The van der Waals surface area contributed by atoms with E-state index in [1.165, 1.54) is 0 Å². The normalized spacial score (nSPS) is 22.8. The van der Waals surface area contributed by atoms with Gasteiger partial charge in [0, 0.05) is 32.2 Å². The van der Waals surface area contributed by atoms with Gasteiger partial charge in [-0.15, -0.1) is 0 Å². The van der Waals surface area contributed by atoms with E-state index >= 15 is 0 Å². The van der Waals surface area contributed by atoms with Gasteiger partial charge in [0.05, 0.1) is 16.9 Å². The van der Waals surface area contributed by atoms with Crippen molar-refractivity contribution in [1.29, 1.82) is 0 Å². The second-order valence-corrected chi connectivity index (χ2v) is 6.05. The molecule has 1 unspecified atom stereocenters. The summed E-state index contributed by atoms with van der Waals surface area (Å²) in [7, 11) is 2.13. The zero-order valence-corrected chi connectivity index (χ0v) is 12.9. The number of hydrogen-bond donors (Lipinski definition) is 2. The van der Waals surface area contributed by atoms with Crippen molar-refractivity contribution in [2.45, 2.75) is 19.4 Å². The van der Waals surface area contributed by atoms with Crippen LogP contribution in [0.15, 0.2) is 18.2 Å². The fourth-order valence-corrected chi connectivity index (χ4v) is 3.28. The monoisotopic (exact) mass is 288 g/mol. The minimum Gasteiger partial charge on any atom is -0.382 e. The molecule has 3 rings (SSSR count). The van der Waals surface area contributed by atoms with Gasteiger partial charge in [-0.1, -0.05) is 6.07 Å². The van der Waals surface area contributed by atoms with Crippen molar-refractivity contribution in [2.24, 2.45) is 0 Å². The maximum absolute atomic E-state index is 13.0. The Morgan fingerprint density at radius 3 is 2.90 bits per heavy atom. The van der Waals surface area contributed by atoms with E-state index in [2.05, 4.69) is 29.5 Å². The Morgan fingerprint density at radius 1 is 1.24 bits per heavy atom. The quantitative estimate of drug-likeness (QED) is 0.825. The van der Waals surface area contributed by atoms with Gasteiger partial charge in [-0.05, 0) is 39.1 Å². The molecule has 2 aliphatic rings. The second kappa shape index (κ2) is 5.93. The third kappa shape index (κ3) is 2.83. The number of amides is 1. The highest BCUT2D eigenvalue weighted by molar-refractivity contribution is 6.03. The van der Waals surface area contributed by atoms with Crippen LogP contribution in [0.5, 0.6) is 0 Å². The lowest BCUT2D eigenvalue weighted by Crippen LogP contribution is -2.42. The van der Waals surface area contributed by atoms with E-state index in [-0.39, 0.29) is 11.9 Å². The highest BCUT2D eigenvalue weighted by Crippen LogP contribution is 2.29. The average molecular weight is 288 g/mol. The van der Waals surface area contributed by atoms with Gasteiger partial charge >= 0.3 is 0 Å². The molecule has 114 valence electrons. The van der Waals surface area contributed by atoms with Crippen LogP contribution < -0.4 is 10.6 Å². The molecule has 0 bridgehead atoms. The molecule has 1 aromatic carbocycles. The summed E-state index contributed by atoms with van der Waals surface area (Å²) < 4.78 is 0. The zero-order chi connectivity index (χ0) is 14.8. The third-order valence-corrected chi connectivity index (χ3v) is 4.34. The Hall–Kier alpha value is -1.75. The van der Waals surface area contributed by atoms with Crippen LogP contribution in [0.3, 0.4) is 0 Å². The largest absolute Gasteiger partial charge is 0.382 e. The number of carbonyl (C=O) groups excluding carboxylic acids is 1. The first-order valence-corrected chi connectivity index (χ1v) is 7.77. The summed E-state index contributed by atoms with van der Waals surface area (Å²) >= 11 is 0. The van der Waals surface area contributed by atoms with Gasteiger partial charge in [0.2, 0.25) is 0 Å². The van der Waals surface area contributed by atoms with Crippen LogP contribution in [0.25, 0.3) is 0 Å². The van der Waals surface area contributed by atoms with E-state index in [1.807, 2.05) is 23.1 Å². The number of nitrogens with one attached hydrogen (secondary N) is 2. The molecule has 0 spiro atoms. The number of carbonyl (C=O) groups is 1. The molecule has 1 saturated heterocycles. The SMILES string of the molecule is CC1CN(C)CCCN1C(=O)c1cccc2c1NCCN2. The van der Waals surface area contributed by atoms with Crippen molar-refractivity contribution in [3.63, 3.8) is 0 Å². The van der Waals surface area contributed by atoms with Crippen LogP contribution in [-0.4, -0.2) is 61.5 Å². The Bertz CT molecular complexity index is 531. The molecule has 2 heterocycles. The Labute approximate surface area is 126 Å². The number of likely N-dealkylation sites (N-methyl/N-ethyl adjacent to an activating group) is 1. The molecule has 2 aliphatic heterocycles. The molecule has 0 saturated carbocycles. The lowest BCUT2D eigenvalue weighted by Gasteiger charge is -2.30. The van der Waals surface area contributed by atoms with Gasteiger partial charge in [0.15, 0.2) is 0 Å². The van der Waals surface area contributed by atoms with Gasteiger partial charge in [-0.2, -0.15) is 0 Å². The molecule has 5 heteroatoms. The highest BCUT2D eigenvalue weighted by Gasteiger charge is 2.27. The molecule has 1 aromatic rings. The Balaban J connectivity index is 1.88. The van der Waals surface area contributed by atoms with E-state index in [0.717, 1.165) is 56.1 Å². The number of para-hydroxylation sites is 1. The number of hydrogen-bond acceptors (Lipinski definition) is 4. The molecule has 1 amide bonds. The third-order valence-electron chi connectivity index (χ3n) is 4.34. The number of benzene rings is 1. The van der Waals surface area contributed by atoms with Crippen LogP contribution in [0.1, 0.15) is 23.7 Å². The highest BCUT2D eigenvalue weighted by atomic mass is 16.2. The molecule has 0 aromatic heterocycles. The predicted molar refractivity (Wildman–Crippen MR) is 86.0 cm³/mol. The number of anilines is 2. The van der Waals surface area contributed by atoms with Crippen molar-refractivity contribution in [3.8, 4) is 0 Å². The standard InChI is InChI=1S/C16H24N4O/c1-12-11-19(2)9-4-10-20(12)16(21)13-5-3-6-14-15(13)18-8-7-17-14/h3,5-6,12,17-18H,4,7-11H2,1-2H3. The van der Waals surface area contributed by atoms with Gasteiger partial charge in [-0.25, -0.2) is 0 Å². The summed E-state index contributed by atoms with van der Waals surface area (Å²) in [5.41, 5.74) is 2.78. The molecule has 5 nitrogen and oxygen atoms in total. The summed E-state index contributed by atoms with van der Waals surface area (Å²) in [6.07, 6.45) is 1.04. The van der Waals surface area contributed by atoms with Gasteiger partial charge < -0.3 is 20.4 Å². The average Bonchev–Trinajstić information content (AvgIpc) is 2.66. The minimum absolute atomic E-state index is 0.144. The molecule has 1 atom stereocenters. The zero-order valence-electron chi connectivity index (χ0n) is 12.9. The van der Waals surface area contributed by atoms with E-state index in [0.29, 0.717) is 0 Å². The van der Waals surface area contributed by atoms with E-state index < -0.39 is 0 Å². The summed E-state index contributed by atoms with van der Waals surface area (Å²) in [5.74, 6) is 0.144. The molecule has 21 heavy (non-hydrogen) atoms. The van der Waals surface area contributed by atoms with Crippen LogP contribution in [0.4, 0.5) is 11.4 Å². The topological polar surface area (TPSA) is 47.6 Å². The molecular weight excluding hydrogens is 264 g/mol. The first-order chi connectivity index (χ1) is 10.2. The lowest BCUT2D eigenvalue weighted by molar-refractivity contribution is 0.0697.